The molecule has 0 radical (unpaired) electrons. The third-order valence-corrected chi connectivity index (χ3v) is 5.96. The predicted octanol–water partition coefficient (Wildman–Crippen LogP) is 3.80. The summed E-state index contributed by atoms with van der Waals surface area (Å²) in [5.74, 6) is -0.231. The molecule has 5 rings (SSSR count). The van der Waals surface area contributed by atoms with Gasteiger partial charge in [-0.25, -0.2) is 0 Å². The first kappa shape index (κ1) is 13.6. The number of rotatable bonds is 1. The number of fused-ring (bicyclic) bond motifs is 1. The lowest BCUT2D eigenvalue weighted by molar-refractivity contribution is -0.149. The number of hydrogen-bond acceptors (Lipinski definition) is 2. The van der Waals surface area contributed by atoms with Crippen molar-refractivity contribution in [3.8, 4) is 0 Å². The van der Waals surface area contributed by atoms with Crippen LogP contribution in [0, 0.1) is 5.92 Å². The highest BCUT2D eigenvalue weighted by atomic mass is 16.5. The maximum absolute atomic E-state index is 12.5. The van der Waals surface area contributed by atoms with E-state index < -0.39 is 0 Å². The Morgan fingerprint density at radius 1 is 0.955 bits per heavy atom. The molecular weight excluding hydrogens is 272 g/mol. The molecule has 2 bridgehead atoms. The summed E-state index contributed by atoms with van der Waals surface area (Å²) < 4.78 is 5.14. The Labute approximate surface area is 131 Å². The summed E-state index contributed by atoms with van der Waals surface area (Å²) in [6.45, 7) is 4.46. The minimum Gasteiger partial charge on any atom is -0.469 e. The van der Waals surface area contributed by atoms with Gasteiger partial charge in [0.05, 0.1) is 13.0 Å². The van der Waals surface area contributed by atoms with Crippen molar-refractivity contribution in [3.05, 3.63) is 70.8 Å². The highest BCUT2D eigenvalue weighted by molar-refractivity contribution is 5.80. The quantitative estimate of drug-likeness (QED) is 0.747. The Morgan fingerprint density at radius 3 is 1.86 bits per heavy atom. The second-order valence-electron chi connectivity index (χ2n) is 6.91. The van der Waals surface area contributed by atoms with Crippen molar-refractivity contribution in [2.24, 2.45) is 5.92 Å². The van der Waals surface area contributed by atoms with Gasteiger partial charge in [0, 0.05) is 10.8 Å². The molecule has 0 spiro atoms. The van der Waals surface area contributed by atoms with Gasteiger partial charge in [0.1, 0.15) is 0 Å². The van der Waals surface area contributed by atoms with Gasteiger partial charge in [-0.1, -0.05) is 62.4 Å². The van der Waals surface area contributed by atoms with Gasteiger partial charge < -0.3 is 4.74 Å². The highest BCUT2D eigenvalue weighted by Gasteiger charge is 2.58. The van der Waals surface area contributed by atoms with Crippen LogP contribution in [0.25, 0.3) is 0 Å². The Morgan fingerprint density at radius 2 is 1.41 bits per heavy atom. The highest BCUT2D eigenvalue weighted by Crippen LogP contribution is 2.61. The van der Waals surface area contributed by atoms with Gasteiger partial charge in [0.15, 0.2) is 0 Å². The van der Waals surface area contributed by atoms with Crippen molar-refractivity contribution in [1.82, 2.24) is 0 Å². The van der Waals surface area contributed by atoms with Gasteiger partial charge in [-0.05, 0) is 28.7 Å². The zero-order chi connectivity index (χ0) is 15.5. The molecule has 112 valence electrons. The van der Waals surface area contributed by atoms with Crippen LogP contribution in [0.1, 0.15) is 42.5 Å². The van der Waals surface area contributed by atoms with Crippen LogP contribution in [0.3, 0.4) is 0 Å². The normalized spacial score (nSPS) is 31.3. The van der Waals surface area contributed by atoms with Crippen LogP contribution in [0.15, 0.2) is 48.5 Å². The second kappa shape index (κ2) is 4.22. The van der Waals surface area contributed by atoms with Crippen LogP contribution in [-0.4, -0.2) is 13.1 Å². The molecule has 0 aromatic heterocycles. The summed E-state index contributed by atoms with van der Waals surface area (Å²) in [6, 6.07) is 17.1. The van der Waals surface area contributed by atoms with Crippen LogP contribution in [0.5, 0.6) is 0 Å². The van der Waals surface area contributed by atoms with Gasteiger partial charge >= 0.3 is 5.97 Å². The number of methoxy groups -OCH3 is 1. The maximum atomic E-state index is 12.5. The lowest BCUT2D eigenvalue weighted by Gasteiger charge is -2.56. The average molecular weight is 292 g/mol. The molecule has 0 heterocycles. The fourth-order valence-corrected chi connectivity index (χ4v) is 4.79. The van der Waals surface area contributed by atoms with E-state index in [2.05, 4.69) is 62.4 Å². The minimum atomic E-state index is -0.308. The second-order valence-corrected chi connectivity index (χ2v) is 6.91. The molecule has 22 heavy (non-hydrogen) atoms. The van der Waals surface area contributed by atoms with Crippen LogP contribution >= 0.6 is 0 Å². The Balaban J connectivity index is 2.10. The number of hydrogen-bond donors (Lipinski definition) is 0. The van der Waals surface area contributed by atoms with E-state index in [4.69, 9.17) is 4.74 Å². The molecule has 0 amide bonds. The van der Waals surface area contributed by atoms with Crippen molar-refractivity contribution >= 4 is 5.97 Å². The van der Waals surface area contributed by atoms with E-state index in [1.807, 2.05) is 0 Å². The molecule has 3 aliphatic rings. The van der Waals surface area contributed by atoms with Crippen molar-refractivity contribution in [1.29, 1.82) is 0 Å². The number of ether oxygens (including phenoxy) is 1. The molecule has 0 saturated carbocycles. The van der Waals surface area contributed by atoms with Crippen molar-refractivity contribution in [2.75, 3.05) is 7.11 Å². The molecular formula is C20H20O2. The van der Waals surface area contributed by atoms with E-state index in [1.54, 1.807) is 0 Å². The molecule has 2 aromatic carbocycles. The Hall–Kier alpha value is -2.09. The fraction of sp³-hybridized carbons (Fsp3) is 0.350. The van der Waals surface area contributed by atoms with Crippen LogP contribution < -0.4 is 0 Å². The molecule has 1 unspecified atom stereocenters. The number of benzene rings is 2. The molecule has 0 saturated heterocycles. The first-order valence-electron chi connectivity index (χ1n) is 7.81. The van der Waals surface area contributed by atoms with Gasteiger partial charge in [0.25, 0.3) is 0 Å². The zero-order valence-electron chi connectivity index (χ0n) is 13.2. The zero-order valence-corrected chi connectivity index (χ0v) is 13.2. The van der Waals surface area contributed by atoms with Gasteiger partial charge in [-0.2, -0.15) is 0 Å². The van der Waals surface area contributed by atoms with Crippen LogP contribution in [0.2, 0.25) is 0 Å². The third kappa shape index (κ3) is 1.38. The summed E-state index contributed by atoms with van der Waals surface area (Å²) in [5, 5.41) is 0. The van der Waals surface area contributed by atoms with Gasteiger partial charge in [-0.15, -0.1) is 0 Å². The van der Waals surface area contributed by atoms with Gasteiger partial charge in [0.2, 0.25) is 0 Å². The molecule has 2 aromatic rings. The number of carbonyl (C=O) groups is 1. The topological polar surface area (TPSA) is 26.3 Å². The number of esters is 1. The third-order valence-electron chi connectivity index (χ3n) is 5.96. The molecule has 0 aliphatic heterocycles. The van der Waals surface area contributed by atoms with E-state index in [0.717, 1.165) is 6.42 Å². The fourth-order valence-electron chi connectivity index (χ4n) is 4.79. The smallest absolute Gasteiger partial charge is 0.309 e. The van der Waals surface area contributed by atoms with E-state index in [-0.39, 0.29) is 22.7 Å². The van der Waals surface area contributed by atoms with Crippen LogP contribution in [0.4, 0.5) is 0 Å². The maximum Gasteiger partial charge on any atom is 0.309 e. The summed E-state index contributed by atoms with van der Waals surface area (Å²) in [4.78, 5) is 12.5. The summed E-state index contributed by atoms with van der Waals surface area (Å²) >= 11 is 0. The minimum absolute atomic E-state index is 0.0993. The summed E-state index contributed by atoms with van der Waals surface area (Å²) in [7, 11) is 1.49. The largest absolute Gasteiger partial charge is 0.469 e. The molecule has 1 atom stereocenters. The Kier molecular flexibility index (Phi) is 2.60. The van der Waals surface area contributed by atoms with Crippen molar-refractivity contribution in [2.45, 2.75) is 31.1 Å². The van der Waals surface area contributed by atoms with Gasteiger partial charge in [-0.3, -0.25) is 4.79 Å². The molecule has 2 heteroatoms. The lowest BCUT2D eigenvalue weighted by atomic mass is 9.46. The average Bonchev–Trinajstić information content (AvgIpc) is 2.57. The molecule has 0 N–H and O–H groups in total. The SMILES string of the molecule is COC(=O)C1CC2(C)c3ccccc3C1(C)c1ccccc12. The van der Waals surface area contributed by atoms with Crippen molar-refractivity contribution < 1.29 is 9.53 Å². The molecule has 0 fully saturated rings. The van der Waals surface area contributed by atoms with E-state index in [1.165, 1.54) is 29.4 Å². The first-order chi connectivity index (χ1) is 10.5. The van der Waals surface area contributed by atoms with E-state index >= 15 is 0 Å². The summed E-state index contributed by atoms with van der Waals surface area (Å²) in [6.07, 6.45) is 0.810. The number of carbonyl (C=O) groups excluding carboxylic acids is 1. The summed E-state index contributed by atoms with van der Waals surface area (Å²) in [5.41, 5.74) is 4.84. The first-order valence-corrected chi connectivity index (χ1v) is 7.81. The lowest BCUT2D eigenvalue weighted by Crippen LogP contribution is -2.54. The van der Waals surface area contributed by atoms with E-state index in [9.17, 15) is 4.79 Å². The Bertz CT molecular complexity index is 727. The molecule has 3 aliphatic carbocycles. The van der Waals surface area contributed by atoms with E-state index in [0.29, 0.717) is 0 Å². The van der Waals surface area contributed by atoms with Crippen molar-refractivity contribution in [3.63, 3.8) is 0 Å². The predicted molar refractivity (Wildman–Crippen MR) is 85.9 cm³/mol. The monoisotopic (exact) mass is 292 g/mol. The molecule has 2 nitrogen and oxygen atoms in total. The standard InChI is InChI=1S/C20H20O2/c1-19-12-17(18(21)22-3)20(2,15-10-6-4-8-13(15)19)16-11-7-5-9-14(16)19/h4-11,17H,12H2,1-3H3. The van der Waals surface area contributed by atoms with Crippen LogP contribution in [-0.2, 0) is 20.4 Å².